The molecule has 2 rings (SSSR count). The van der Waals surface area contributed by atoms with E-state index >= 15 is 0 Å². The fourth-order valence-corrected chi connectivity index (χ4v) is 2.60. The highest BCUT2D eigenvalue weighted by molar-refractivity contribution is 7.80. The molecule has 0 spiro atoms. The number of carbonyl (C=O) groups is 3. The van der Waals surface area contributed by atoms with Crippen LogP contribution >= 0.6 is 12.6 Å². The Morgan fingerprint density at radius 2 is 1.54 bits per heavy atom. The number of hydrogen-bond donors (Lipinski definition) is 3. The highest BCUT2D eigenvalue weighted by Gasteiger charge is 2.10. The van der Waals surface area contributed by atoms with Gasteiger partial charge < -0.3 is 10.6 Å². The van der Waals surface area contributed by atoms with Crippen LogP contribution in [-0.4, -0.2) is 30.7 Å². The second-order valence-electron chi connectivity index (χ2n) is 5.91. The monoisotopic (exact) mass is 370 g/mol. The Kier molecular flexibility index (Phi) is 7.41. The van der Waals surface area contributed by atoms with Crippen LogP contribution in [0.3, 0.4) is 0 Å². The minimum absolute atomic E-state index is 0.0566. The fraction of sp³-hybridized carbons (Fsp3) is 0.250. The van der Waals surface area contributed by atoms with Crippen molar-refractivity contribution in [3.63, 3.8) is 0 Å². The molecule has 0 radical (unpaired) electrons. The zero-order valence-corrected chi connectivity index (χ0v) is 15.5. The molecule has 0 aromatic heterocycles. The number of rotatable bonds is 8. The number of carbonyl (C=O) groups excluding carboxylic acids is 3. The fourth-order valence-electron chi connectivity index (χ4n) is 2.34. The maximum atomic E-state index is 12.0. The Labute approximate surface area is 158 Å². The van der Waals surface area contributed by atoms with Gasteiger partial charge in [0.25, 0.3) is 5.91 Å². The summed E-state index contributed by atoms with van der Waals surface area (Å²) in [4.78, 5) is 36.4. The van der Waals surface area contributed by atoms with Crippen LogP contribution < -0.4 is 10.6 Å². The van der Waals surface area contributed by atoms with E-state index in [2.05, 4.69) is 23.3 Å². The molecule has 0 atom stereocenters. The maximum absolute atomic E-state index is 12.0. The van der Waals surface area contributed by atoms with Crippen LogP contribution in [0.1, 0.15) is 39.1 Å². The third-order valence-corrected chi connectivity index (χ3v) is 4.22. The Bertz CT molecular complexity index is 788. The van der Waals surface area contributed by atoms with Crippen molar-refractivity contribution in [1.29, 1.82) is 0 Å². The number of amides is 2. The summed E-state index contributed by atoms with van der Waals surface area (Å²) < 4.78 is 0. The van der Waals surface area contributed by atoms with Crippen LogP contribution in [0.5, 0.6) is 0 Å². The van der Waals surface area contributed by atoms with E-state index in [1.54, 1.807) is 36.4 Å². The largest absolute Gasteiger partial charge is 0.354 e. The molecule has 2 N–H and O–H groups in total. The first-order valence-electron chi connectivity index (χ1n) is 8.40. The number of ketones is 1. The first-order chi connectivity index (χ1) is 12.5. The molecule has 26 heavy (non-hydrogen) atoms. The second kappa shape index (κ2) is 9.77. The molecule has 2 aromatic rings. The first kappa shape index (κ1) is 19.7. The Balaban J connectivity index is 1.66. The Hall–Kier alpha value is -2.60. The van der Waals surface area contributed by atoms with E-state index in [1.807, 2.05) is 19.1 Å². The van der Waals surface area contributed by atoms with Crippen molar-refractivity contribution in [2.75, 3.05) is 13.1 Å². The molecule has 0 heterocycles. The highest BCUT2D eigenvalue weighted by Crippen LogP contribution is 2.12. The second-order valence-corrected chi connectivity index (χ2v) is 6.39. The molecule has 0 aliphatic rings. The SMILES string of the molecule is Cc1ccc(C(=O)CCC(=O)NCCNC(=O)c2ccccc2S)cc1. The van der Waals surface area contributed by atoms with Gasteiger partial charge in [0.2, 0.25) is 5.91 Å². The lowest BCUT2D eigenvalue weighted by molar-refractivity contribution is -0.121. The lowest BCUT2D eigenvalue weighted by atomic mass is 10.1. The number of hydrogen-bond acceptors (Lipinski definition) is 4. The number of Topliss-reactive ketones (excluding diaryl/α,β-unsaturated/α-hetero) is 1. The van der Waals surface area contributed by atoms with Crippen molar-refractivity contribution in [2.45, 2.75) is 24.7 Å². The molecule has 0 aliphatic carbocycles. The molecule has 0 saturated carbocycles. The van der Waals surface area contributed by atoms with Gasteiger partial charge in [0, 0.05) is 36.4 Å². The summed E-state index contributed by atoms with van der Waals surface area (Å²) in [6, 6.07) is 14.3. The highest BCUT2D eigenvalue weighted by atomic mass is 32.1. The molecular weight excluding hydrogens is 348 g/mol. The first-order valence-corrected chi connectivity index (χ1v) is 8.85. The van der Waals surface area contributed by atoms with Gasteiger partial charge in [-0.05, 0) is 19.1 Å². The molecule has 0 saturated heterocycles. The molecule has 2 aromatic carbocycles. The van der Waals surface area contributed by atoms with Crippen molar-refractivity contribution in [3.8, 4) is 0 Å². The third kappa shape index (κ3) is 6.04. The third-order valence-electron chi connectivity index (χ3n) is 3.83. The molecule has 0 unspecified atom stereocenters. The molecule has 0 bridgehead atoms. The number of nitrogens with one attached hydrogen (secondary N) is 2. The normalized spacial score (nSPS) is 10.2. The van der Waals surface area contributed by atoms with E-state index in [0.717, 1.165) is 5.56 Å². The Morgan fingerprint density at radius 3 is 2.23 bits per heavy atom. The van der Waals surface area contributed by atoms with Crippen molar-refractivity contribution < 1.29 is 14.4 Å². The van der Waals surface area contributed by atoms with Crippen LogP contribution in [0.2, 0.25) is 0 Å². The van der Waals surface area contributed by atoms with E-state index in [9.17, 15) is 14.4 Å². The van der Waals surface area contributed by atoms with Gasteiger partial charge in [-0.2, -0.15) is 0 Å². The lowest BCUT2D eigenvalue weighted by Crippen LogP contribution is -2.34. The summed E-state index contributed by atoms with van der Waals surface area (Å²) in [7, 11) is 0. The van der Waals surface area contributed by atoms with Gasteiger partial charge in [0.15, 0.2) is 5.78 Å². The predicted octanol–water partition coefficient (Wildman–Crippen LogP) is 2.79. The van der Waals surface area contributed by atoms with Gasteiger partial charge in [0.1, 0.15) is 0 Å². The lowest BCUT2D eigenvalue weighted by Gasteiger charge is -2.08. The minimum atomic E-state index is -0.237. The summed E-state index contributed by atoms with van der Waals surface area (Å²) >= 11 is 4.23. The van der Waals surface area contributed by atoms with Crippen LogP contribution in [0.4, 0.5) is 0 Å². The summed E-state index contributed by atoms with van der Waals surface area (Å²) in [6.07, 6.45) is 0.286. The van der Waals surface area contributed by atoms with E-state index in [1.165, 1.54) is 0 Å². The van der Waals surface area contributed by atoms with Gasteiger partial charge in [-0.3, -0.25) is 14.4 Å². The summed E-state index contributed by atoms with van der Waals surface area (Å²) in [6.45, 7) is 2.56. The van der Waals surface area contributed by atoms with Crippen molar-refractivity contribution >= 4 is 30.2 Å². The number of aryl methyl sites for hydroxylation is 1. The van der Waals surface area contributed by atoms with E-state index in [-0.39, 0.29) is 30.4 Å². The van der Waals surface area contributed by atoms with Crippen LogP contribution in [-0.2, 0) is 4.79 Å². The van der Waals surface area contributed by atoms with E-state index in [0.29, 0.717) is 29.1 Å². The maximum Gasteiger partial charge on any atom is 0.252 e. The molecule has 2 amide bonds. The summed E-state index contributed by atoms with van der Waals surface area (Å²) in [5.41, 5.74) is 2.19. The number of benzene rings is 2. The summed E-state index contributed by atoms with van der Waals surface area (Å²) in [5, 5.41) is 5.42. The summed E-state index contributed by atoms with van der Waals surface area (Å²) in [5.74, 6) is -0.507. The smallest absolute Gasteiger partial charge is 0.252 e. The van der Waals surface area contributed by atoms with Crippen LogP contribution in [0, 0.1) is 6.92 Å². The molecule has 0 fully saturated rings. The van der Waals surface area contributed by atoms with Crippen molar-refractivity contribution in [2.24, 2.45) is 0 Å². The Morgan fingerprint density at radius 1 is 0.885 bits per heavy atom. The van der Waals surface area contributed by atoms with Crippen LogP contribution in [0.15, 0.2) is 53.4 Å². The molecule has 0 aliphatic heterocycles. The topological polar surface area (TPSA) is 75.3 Å². The van der Waals surface area contributed by atoms with Crippen molar-refractivity contribution in [1.82, 2.24) is 10.6 Å². The average Bonchev–Trinajstić information content (AvgIpc) is 2.64. The molecule has 6 heteroatoms. The van der Waals surface area contributed by atoms with Crippen molar-refractivity contribution in [3.05, 3.63) is 65.2 Å². The van der Waals surface area contributed by atoms with Gasteiger partial charge in [-0.1, -0.05) is 42.0 Å². The molecule has 136 valence electrons. The van der Waals surface area contributed by atoms with Gasteiger partial charge in [0.05, 0.1) is 5.56 Å². The molecular formula is C20H22N2O3S. The van der Waals surface area contributed by atoms with Crippen LogP contribution in [0.25, 0.3) is 0 Å². The average molecular weight is 370 g/mol. The quantitative estimate of drug-likeness (QED) is 0.380. The van der Waals surface area contributed by atoms with E-state index < -0.39 is 0 Å². The van der Waals surface area contributed by atoms with Gasteiger partial charge >= 0.3 is 0 Å². The van der Waals surface area contributed by atoms with Gasteiger partial charge in [-0.25, -0.2) is 0 Å². The molecule has 5 nitrogen and oxygen atoms in total. The van der Waals surface area contributed by atoms with Gasteiger partial charge in [-0.15, -0.1) is 12.6 Å². The van der Waals surface area contributed by atoms with E-state index in [4.69, 9.17) is 0 Å². The standard InChI is InChI=1S/C20H22N2O3S/c1-14-6-8-15(9-7-14)17(23)10-11-19(24)21-12-13-22-20(25)16-4-2-3-5-18(16)26/h2-9,26H,10-13H2,1H3,(H,21,24)(H,22,25). The predicted molar refractivity (Wildman–Crippen MR) is 104 cm³/mol. The minimum Gasteiger partial charge on any atom is -0.354 e. The zero-order chi connectivity index (χ0) is 18.9. The zero-order valence-electron chi connectivity index (χ0n) is 14.6. The number of thiol groups is 1.